The number of aromatic nitrogens is 2. The number of amides is 1. The number of aliphatic hydroxyl groups excluding tert-OH is 1. The number of likely N-dealkylation sites (N-methyl/N-ethyl adjacent to an activating group) is 1. The second-order valence-corrected chi connectivity index (χ2v) is 12.5. The van der Waals surface area contributed by atoms with Gasteiger partial charge in [-0.15, -0.1) is 0 Å². The molecule has 2 N–H and O–H groups in total. The Bertz CT molecular complexity index is 1050. The number of carbonyl (C=O) groups is 1. The van der Waals surface area contributed by atoms with Gasteiger partial charge >= 0.3 is 0 Å². The summed E-state index contributed by atoms with van der Waals surface area (Å²) in [5.74, 6) is 0.113. The number of carbonyl (C=O) groups excluding carboxylic acids is 1. The summed E-state index contributed by atoms with van der Waals surface area (Å²) in [6.07, 6.45) is 10.8. The van der Waals surface area contributed by atoms with Crippen LogP contribution in [0.25, 0.3) is 0 Å². The third-order valence-corrected chi connectivity index (χ3v) is 6.69. The average Bonchev–Trinajstić information content (AvgIpc) is 3.30. The predicted octanol–water partition coefficient (Wildman–Crippen LogP) is 7.37. The van der Waals surface area contributed by atoms with E-state index in [1.807, 2.05) is 0 Å². The maximum atomic E-state index is 12.9. The SMILES string of the molecule is C=CC(/C=N\NC(=O)c1ccnn1C(C)(C)CC(C)CC)=C(O)\C=C(/C=C)N(CC)C(C)(C)CC(C)(C)C. The Kier molecular flexibility index (Phi) is 11.8. The van der Waals surface area contributed by atoms with Gasteiger partial charge < -0.3 is 10.0 Å². The number of nitrogens with one attached hydrogen (secondary N) is 1. The van der Waals surface area contributed by atoms with Crippen molar-refractivity contribution in [2.24, 2.45) is 16.4 Å². The molecule has 7 heteroatoms. The fourth-order valence-corrected chi connectivity index (χ4v) is 5.31. The van der Waals surface area contributed by atoms with Gasteiger partial charge in [0.1, 0.15) is 11.5 Å². The molecule has 0 aliphatic carbocycles. The smallest absolute Gasteiger partial charge is 0.289 e. The number of hydrazone groups is 1. The fourth-order valence-electron chi connectivity index (χ4n) is 5.31. The molecule has 0 radical (unpaired) electrons. The van der Waals surface area contributed by atoms with Crippen LogP contribution in [-0.2, 0) is 5.54 Å². The van der Waals surface area contributed by atoms with Crippen molar-refractivity contribution in [1.82, 2.24) is 20.1 Å². The van der Waals surface area contributed by atoms with Gasteiger partial charge in [0.05, 0.1) is 11.8 Å². The topological polar surface area (TPSA) is 82.8 Å². The van der Waals surface area contributed by atoms with Gasteiger partial charge in [0.15, 0.2) is 0 Å². The molecule has 1 aromatic rings. The van der Waals surface area contributed by atoms with Crippen LogP contribution in [0.15, 0.2) is 65.8 Å². The summed E-state index contributed by atoms with van der Waals surface area (Å²) in [5, 5.41) is 19.4. The van der Waals surface area contributed by atoms with E-state index in [1.165, 1.54) is 12.3 Å². The highest BCUT2D eigenvalue weighted by molar-refractivity contribution is 5.93. The van der Waals surface area contributed by atoms with Crippen molar-refractivity contribution in [3.8, 4) is 0 Å². The van der Waals surface area contributed by atoms with Crippen LogP contribution in [-0.4, -0.2) is 44.0 Å². The minimum absolute atomic E-state index is 0.0161. The van der Waals surface area contributed by atoms with Crippen LogP contribution in [0.2, 0.25) is 0 Å². The molecule has 0 spiro atoms. The van der Waals surface area contributed by atoms with E-state index >= 15 is 0 Å². The van der Waals surface area contributed by atoms with Crippen LogP contribution < -0.4 is 5.43 Å². The first kappa shape index (κ1) is 32.9. The van der Waals surface area contributed by atoms with Crippen LogP contribution in [0.5, 0.6) is 0 Å². The quantitative estimate of drug-likeness (QED) is 0.115. The Labute approximate surface area is 231 Å². The Morgan fingerprint density at radius 2 is 1.82 bits per heavy atom. The van der Waals surface area contributed by atoms with Gasteiger partial charge in [0.25, 0.3) is 5.91 Å². The largest absolute Gasteiger partial charge is 0.507 e. The minimum atomic E-state index is -0.373. The number of hydrogen-bond donors (Lipinski definition) is 2. The molecule has 212 valence electrons. The van der Waals surface area contributed by atoms with Crippen molar-refractivity contribution in [1.29, 1.82) is 0 Å². The van der Waals surface area contributed by atoms with Crippen LogP contribution >= 0.6 is 0 Å². The van der Waals surface area contributed by atoms with Gasteiger partial charge in [-0.25, -0.2) is 5.43 Å². The molecule has 1 heterocycles. The standard InChI is InChI=1S/C31H51N5O2/c1-13-23(5)20-30(9,10)36-26(17-18-33-36)28(38)34-32-21-24(14-2)27(37)19-25(15-3)35(16-4)31(11,12)22-29(6,7)8/h14-15,17-19,21,23,37H,2-3,13,16,20,22H2,1,4-12H3,(H,34,38)/b25-19+,27-24-,32-21-. The molecule has 1 unspecified atom stereocenters. The second-order valence-electron chi connectivity index (χ2n) is 12.5. The molecule has 1 rings (SSSR count). The average molecular weight is 526 g/mol. The lowest BCUT2D eigenvalue weighted by Crippen LogP contribution is -2.45. The zero-order valence-electron chi connectivity index (χ0n) is 25.4. The van der Waals surface area contributed by atoms with E-state index < -0.39 is 0 Å². The maximum absolute atomic E-state index is 12.9. The summed E-state index contributed by atoms with van der Waals surface area (Å²) >= 11 is 0. The van der Waals surface area contributed by atoms with E-state index in [4.69, 9.17) is 0 Å². The van der Waals surface area contributed by atoms with Gasteiger partial charge in [-0.05, 0) is 70.9 Å². The number of nitrogens with zero attached hydrogens (tertiary/aromatic N) is 4. The lowest BCUT2D eigenvalue weighted by atomic mass is 9.80. The fraction of sp³-hybridized carbons (Fsp3) is 0.581. The number of hydrogen-bond acceptors (Lipinski definition) is 5. The van der Waals surface area contributed by atoms with E-state index in [2.05, 4.69) is 103 Å². The van der Waals surface area contributed by atoms with Crippen LogP contribution in [0.1, 0.15) is 99.0 Å². The molecule has 7 nitrogen and oxygen atoms in total. The highest BCUT2D eigenvalue weighted by atomic mass is 16.3. The molecule has 1 aromatic heterocycles. The molecule has 0 saturated carbocycles. The number of allylic oxidation sites excluding steroid dienone is 4. The summed E-state index contributed by atoms with van der Waals surface area (Å²) < 4.78 is 1.75. The molecular weight excluding hydrogens is 474 g/mol. The van der Waals surface area contributed by atoms with Crippen molar-refractivity contribution >= 4 is 12.1 Å². The molecule has 38 heavy (non-hydrogen) atoms. The van der Waals surface area contributed by atoms with E-state index in [0.29, 0.717) is 17.2 Å². The first-order chi connectivity index (χ1) is 17.5. The van der Waals surface area contributed by atoms with E-state index in [1.54, 1.807) is 29.1 Å². The zero-order chi connectivity index (χ0) is 29.3. The van der Waals surface area contributed by atoms with Gasteiger partial charge in [0, 0.05) is 35.6 Å². The monoisotopic (exact) mass is 525 g/mol. The summed E-state index contributed by atoms with van der Waals surface area (Å²) in [6, 6.07) is 1.68. The van der Waals surface area contributed by atoms with Gasteiger partial charge in [0.2, 0.25) is 0 Å². The molecule has 0 aliphatic heterocycles. The van der Waals surface area contributed by atoms with Gasteiger partial charge in [-0.1, -0.05) is 60.3 Å². The normalized spacial score (nSPS) is 14.7. The molecule has 1 atom stereocenters. The van der Waals surface area contributed by atoms with Gasteiger partial charge in [-0.3, -0.25) is 9.48 Å². The summed E-state index contributed by atoms with van der Waals surface area (Å²) in [4.78, 5) is 15.1. The van der Waals surface area contributed by atoms with Crippen LogP contribution in [0, 0.1) is 11.3 Å². The van der Waals surface area contributed by atoms with Crippen molar-refractivity contribution < 1.29 is 9.90 Å². The molecule has 1 amide bonds. The summed E-state index contributed by atoms with van der Waals surface area (Å²) in [6.45, 7) is 30.2. The molecular formula is C31H51N5O2. The van der Waals surface area contributed by atoms with E-state index in [-0.39, 0.29) is 28.2 Å². The Balaban J connectivity index is 3.18. The van der Waals surface area contributed by atoms with E-state index in [0.717, 1.165) is 31.5 Å². The van der Waals surface area contributed by atoms with Crippen molar-refractivity contribution in [3.05, 3.63) is 66.4 Å². The third-order valence-electron chi connectivity index (χ3n) is 6.69. The maximum Gasteiger partial charge on any atom is 0.289 e. The lowest BCUT2D eigenvalue weighted by molar-refractivity contribution is 0.0931. The lowest BCUT2D eigenvalue weighted by Gasteiger charge is -2.44. The highest BCUT2D eigenvalue weighted by Gasteiger charge is 2.31. The van der Waals surface area contributed by atoms with Crippen LogP contribution in [0.4, 0.5) is 0 Å². The second kappa shape index (κ2) is 13.6. The molecule has 0 fully saturated rings. The number of aliphatic hydroxyl groups is 1. The summed E-state index contributed by atoms with van der Waals surface area (Å²) in [7, 11) is 0. The third kappa shape index (κ3) is 9.34. The van der Waals surface area contributed by atoms with Gasteiger partial charge in [-0.2, -0.15) is 10.2 Å². The predicted molar refractivity (Wildman–Crippen MR) is 160 cm³/mol. The summed E-state index contributed by atoms with van der Waals surface area (Å²) in [5.41, 5.74) is 3.82. The van der Waals surface area contributed by atoms with Crippen LogP contribution in [0.3, 0.4) is 0 Å². The molecule has 0 bridgehead atoms. The van der Waals surface area contributed by atoms with E-state index in [9.17, 15) is 9.90 Å². The minimum Gasteiger partial charge on any atom is -0.507 e. The molecule has 0 aromatic carbocycles. The molecule has 0 saturated heterocycles. The Morgan fingerprint density at radius 3 is 2.32 bits per heavy atom. The zero-order valence-corrected chi connectivity index (χ0v) is 25.4. The van der Waals surface area contributed by atoms with Crippen molar-refractivity contribution in [2.75, 3.05) is 6.54 Å². The number of rotatable bonds is 14. The first-order valence-electron chi connectivity index (χ1n) is 13.6. The first-order valence-corrected chi connectivity index (χ1v) is 13.6. The van der Waals surface area contributed by atoms with Crippen molar-refractivity contribution in [2.45, 2.75) is 99.6 Å². The highest BCUT2D eigenvalue weighted by Crippen LogP contribution is 2.34. The Morgan fingerprint density at radius 1 is 1.18 bits per heavy atom. The molecule has 0 aliphatic rings. The Hall–Kier alpha value is -3.09. The van der Waals surface area contributed by atoms with Crippen molar-refractivity contribution in [3.63, 3.8) is 0 Å².